The Bertz CT molecular complexity index is 866. The molecule has 0 radical (unpaired) electrons. The SMILES string of the molecule is CCOc1ccc(NC2=C(CC)C(N)(C3CCC(N)CC3)Nn3ccnc32)cc1. The number of nitrogens with one attached hydrogen (secondary N) is 2. The van der Waals surface area contributed by atoms with Gasteiger partial charge in [-0.3, -0.25) is 0 Å². The number of hydrogen-bond donors (Lipinski definition) is 4. The molecule has 1 unspecified atom stereocenters. The summed E-state index contributed by atoms with van der Waals surface area (Å²) in [6.45, 7) is 4.80. The fourth-order valence-electron chi connectivity index (χ4n) is 4.65. The predicted octanol–water partition coefficient (Wildman–Crippen LogP) is 3.24. The van der Waals surface area contributed by atoms with Gasteiger partial charge < -0.3 is 26.9 Å². The Labute approximate surface area is 172 Å². The minimum absolute atomic E-state index is 0.290. The highest BCUT2D eigenvalue weighted by Gasteiger charge is 2.44. The molecule has 0 spiro atoms. The van der Waals surface area contributed by atoms with Crippen LogP contribution in [0, 0.1) is 5.92 Å². The molecule has 29 heavy (non-hydrogen) atoms. The molecule has 0 amide bonds. The van der Waals surface area contributed by atoms with Gasteiger partial charge in [0, 0.05) is 30.0 Å². The molecule has 1 atom stereocenters. The zero-order valence-corrected chi connectivity index (χ0v) is 17.3. The molecule has 1 fully saturated rings. The van der Waals surface area contributed by atoms with Crippen LogP contribution < -0.4 is 26.9 Å². The van der Waals surface area contributed by atoms with Gasteiger partial charge in [-0.05, 0) is 68.9 Å². The molecular weight excluding hydrogens is 364 g/mol. The lowest BCUT2D eigenvalue weighted by atomic mass is 9.74. The molecular formula is C22H32N6O. The molecule has 1 aromatic heterocycles. The van der Waals surface area contributed by atoms with Crippen LogP contribution in [0.5, 0.6) is 5.75 Å². The lowest BCUT2D eigenvalue weighted by molar-refractivity contribution is 0.226. The Morgan fingerprint density at radius 3 is 2.59 bits per heavy atom. The molecule has 7 nitrogen and oxygen atoms in total. The van der Waals surface area contributed by atoms with Gasteiger partial charge in [-0.25, -0.2) is 9.66 Å². The highest BCUT2D eigenvalue weighted by molar-refractivity contribution is 5.79. The van der Waals surface area contributed by atoms with Gasteiger partial charge in [0.15, 0.2) is 5.82 Å². The molecule has 0 bridgehead atoms. The van der Waals surface area contributed by atoms with Crippen molar-refractivity contribution in [3.63, 3.8) is 0 Å². The molecule has 156 valence electrons. The van der Waals surface area contributed by atoms with E-state index in [2.05, 4.69) is 22.7 Å². The number of rotatable bonds is 6. The molecule has 1 aliphatic heterocycles. The van der Waals surface area contributed by atoms with E-state index in [1.165, 1.54) is 0 Å². The number of nitrogens with two attached hydrogens (primary N) is 2. The minimum atomic E-state index is -0.629. The van der Waals surface area contributed by atoms with Crippen molar-refractivity contribution in [2.45, 2.75) is 57.7 Å². The molecule has 1 saturated carbocycles. The second kappa shape index (κ2) is 8.08. The number of ether oxygens (including phenoxy) is 1. The summed E-state index contributed by atoms with van der Waals surface area (Å²) < 4.78 is 7.51. The van der Waals surface area contributed by atoms with Crippen LogP contribution in [0.4, 0.5) is 5.69 Å². The normalized spacial score (nSPS) is 26.6. The summed E-state index contributed by atoms with van der Waals surface area (Å²) in [7, 11) is 0. The highest BCUT2D eigenvalue weighted by Crippen LogP contribution is 2.41. The fourth-order valence-corrected chi connectivity index (χ4v) is 4.65. The van der Waals surface area contributed by atoms with Gasteiger partial charge in [-0.15, -0.1) is 0 Å². The van der Waals surface area contributed by atoms with Crippen molar-refractivity contribution in [3.8, 4) is 5.75 Å². The Morgan fingerprint density at radius 1 is 1.21 bits per heavy atom. The van der Waals surface area contributed by atoms with Gasteiger partial charge >= 0.3 is 0 Å². The maximum atomic E-state index is 7.10. The quantitative estimate of drug-likeness (QED) is 0.598. The summed E-state index contributed by atoms with van der Waals surface area (Å²) in [5.41, 5.74) is 19.3. The van der Waals surface area contributed by atoms with Crippen molar-refractivity contribution in [2.75, 3.05) is 17.3 Å². The monoisotopic (exact) mass is 396 g/mol. The summed E-state index contributed by atoms with van der Waals surface area (Å²) in [5, 5.41) is 3.59. The molecule has 2 aliphatic rings. The summed E-state index contributed by atoms with van der Waals surface area (Å²) in [5.74, 6) is 2.04. The molecule has 1 aromatic carbocycles. The van der Waals surface area contributed by atoms with Gasteiger partial charge in [0.05, 0.1) is 12.3 Å². The van der Waals surface area contributed by atoms with Crippen molar-refractivity contribution < 1.29 is 4.74 Å². The molecule has 2 aromatic rings. The second-order valence-corrected chi connectivity index (χ2v) is 8.00. The number of hydrogen-bond acceptors (Lipinski definition) is 6. The number of benzene rings is 1. The van der Waals surface area contributed by atoms with Gasteiger partial charge in [0.25, 0.3) is 0 Å². The number of aromatic nitrogens is 2. The first-order valence-electron chi connectivity index (χ1n) is 10.6. The van der Waals surface area contributed by atoms with Crippen LogP contribution in [0.1, 0.15) is 51.8 Å². The Hall–Kier alpha value is -2.51. The highest BCUT2D eigenvalue weighted by atomic mass is 16.5. The van der Waals surface area contributed by atoms with E-state index in [1.54, 1.807) is 6.20 Å². The number of fused-ring (bicyclic) bond motifs is 1. The number of imidazole rings is 1. The zero-order valence-electron chi connectivity index (χ0n) is 17.3. The summed E-state index contributed by atoms with van der Waals surface area (Å²) in [6, 6.07) is 8.29. The van der Waals surface area contributed by atoms with Gasteiger partial charge in [0.2, 0.25) is 0 Å². The van der Waals surface area contributed by atoms with E-state index < -0.39 is 5.66 Å². The lowest BCUT2D eigenvalue weighted by Crippen LogP contribution is -2.61. The molecule has 7 heteroatoms. The molecule has 4 rings (SSSR count). The predicted molar refractivity (Wildman–Crippen MR) is 117 cm³/mol. The summed E-state index contributed by atoms with van der Waals surface area (Å²) >= 11 is 0. The molecule has 6 N–H and O–H groups in total. The van der Waals surface area contributed by atoms with Crippen LogP contribution in [0.15, 0.2) is 42.2 Å². The standard InChI is InChI=1S/C22H32N6O/c1-3-19-20(26-17-9-11-18(12-10-17)29-4-2)21-25-13-14-28(21)27-22(19,24)15-5-7-16(23)8-6-15/h9-16,26-27H,3-8,23-24H2,1-2H3. The maximum Gasteiger partial charge on any atom is 0.175 e. The van der Waals surface area contributed by atoms with Crippen molar-refractivity contribution in [3.05, 3.63) is 48.1 Å². The van der Waals surface area contributed by atoms with Crippen molar-refractivity contribution >= 4 is 11.4 Å². The number of anilines is 1. The second-order valence-electron chi connectivity index (χ2n) is 8.00. The Balaban J connectivity index is 1.70. The first-order valence-corrected chi connectivity index (χ1v) is 10.6. The van der Waals surface area contributed by atoms with E-state index >= 15 is 0 Å². The van der Waals surface area contributed by atoms with E-state index in [0.717, 1.165) is 60.6 Å². The average Bonchev–Trinajstić information content (AvgIpc) is 3.18. The third-order valence-electron chi connectivity index (χ3n) is 6.17. The third-order valence-corrected chi connectivity index (χ3v) is 6.17. The first kappa shape index (κ1) is 19.8. The average molecular weight is 397 g/mol. The van der Waals surface area contributed by atoms with Gasteiger partial charge in [-0.2, -0.15) is 0 Å². The van der Waals surface area contributed by atoms with E-state index in [-0.39, 0.29) is 6.04 Å². The van der Waals surface area contributed by atoms with E-state index in [9.17, 15) is 0 Å². The van der Waals surface area contributed by atoms with Crippen molar-refractivity contribution in [1.29, 1.82) is 0 Å². The lowest BCUT2D eigenvalue weighted by Gasteiger charge is -2.46. The Kier molecular flexibility index (Phi) is 5.52. The molecule has 1 aliphatic carbocycles. The Morgan fingerprint density at radius 2 is 1.93 bits per heavy atom. The van der Waals surface area contributed by atoms with E-state index in [4.69, 9.17) is 16.2 Å². The fraction of sp³-hybridized carbons (Fsp3) is 0.500. The third kappa shape index (κ3) is 3.72. The van der Waals surface area contributed by atoms with Crippen LogP contribution in [0.2, 0.25) is 0 Å². The first-order chi connectivity index (χ1) is 14.0. The topological polar surface area (TPSA) is 103 Å². The van der Waals surface area contributed by atoms with E-state index in [0.29, 0.717) is 12.5 Å². The van der Waals surface area contributed by atoms with E-state index in [1.807, 2.05) is 42.1 Å². The summed E-state index contributed by atoms with van der Waals surface area (Å²) in [6.07, 6.45) is 8.64. The van der Waals surface area contributed by atoms with Crippen LogP contribution in [-0.2, 0) is 0 Å². The van der Waals surface area contributed by atoms with Crippen LogP contribution in [0.3, 0.4) is 0 Å². The maximum absolute atomic E-state index is 7.10. The molecule has 0 saturated heterocycles. The van der Waals surface area contributed by atoms with Crippen LogP contribution >= 0.6 is 0 Å². The molecule has 2 heterocycles. The minimum Gasteiger partial charge on any atom is -0.494 e. The van der Waals surface area contributed by atoms with Gasteiger partial charge in [0.1, 0.15) is 11.4 Å². The summed E-state index contributed by atoms with van der Waals surface area (Å²) in [4.78, 5) is 4.58. The van der Waals surface area contributed by atoms with Crippen LogP contribution in [0.25, 0.3) is 5.70 Å². The smallest absolute Gasteiger partial charge is 0.175 e. The van der Waals surface area contributed by atoms with Gasteiger partial charge in [-0.1, -0.05) is 6.92 Å². The number of nitrogens with zero attached hydrogens (tertiary/aromatic N) is 2. The van der Waals surface area contributed by atoms with Crippen LogP contribution in [-0.4, -0.2) is 28.0 Å². The zero-order chi connectivity index (χ0) is 20.4. The van der Waals surface area contributed by atoms with Crippen molar-refractivity contribution in [2.24, 2.45) is 17.4 Å². The van der Waals surface area contributed by atoms with Crippen molar-refractivity contribution in [1.82, 2.24) is 9.66 Å². The largest absolute Gasteiger partial charge is 0.494 e.